The number of ether oxygens (including phenoxy) is 1. The predicted molar refractivity (Wildman–Crippen MR) is 128 cm³/mol. The van der Waals surface area contributed by atoms with E-state index in [9.17, 15) is 36.2 Å². The first-order valence-corrected chi connectivity index (χ1v) is 13.2. The van der Waals surface area contributed by atoms with Crippen molar-refractivity contribution in [1.29, 1.82) is 0 Å². The molecule has 1 saturated heterocycles. The summed E-state index contributed by atoms with van der Waals surface area (Å²) in [6.07, 6.45) is -5.25. The van der Waals surface area contributed by atoms with Crippen LogP contribution in [0.5, 0.6) is 0 Å². The highest BCUT2D eigenvalue weighted by atomic mass is 19.4. The molecule has 38 heavy (non-hydrogen) atoms. The molecule has 4 atom stereocenters. The second-order valence-corrected chi connectivity index (χ2v) is 11.4. The van der Waals surface area contributed by atoms with Gasteiger partial charge in [-0.25, -0.2) is 0 Å². The van der Waals surface area contributed by atoms with Gasteiger partial charge >= 0.3 is 12.4 Å². The summed E-state index contributed by atoms with van der Waals surface area (Å²) >= 11 is 0. The number of rotatable bonds is 6. The summed E-state index contributed by atoms with van der Waals surface area (Å²) < 4.78 is 85.3. The van der Waals surface area contributed by atoms with Crippen LogP contribution in [0.4, 0.5) is 26.3 Å². The van der Waals surface area contributed by atoms with Gasteiger partial charge in [0.25, 0.3) is 0 Å². The van der Waals surface area contributed by atoms with E-state index >= 15 is 0 Å². The monoisotopic (exact) mass is 550 g/mol. The molecule has 2 saturated carbocycles. The van der Waals surface area contributed by atoms with Crippen LogP contribution in [0.3, 0.4) is 0 Å². The molecule has 1 amide bonds. The van der Waals surface area contributed by atoms with E-state index < -0.39 is 46.9 Å². The molecule has 1 aromatic carbocycles. The van der Waals surface area contributed by atoms with E-state index in [0.29, 0.717) is 63.4 Å². The highest BCUT2D eigenvalue weighted by molar-refractivity contribution is 5.84. The van der Waals surface area contributed by atoms with Gasteiger partial charge in [0.05, 0.1) is 28.7 Å². The molecule has 1 aliphatic heterocycles. The van der Waals surface area contributed by atoms with Crippen LogP contribution >= 0.6 is 0 Å². The normalized spacial score (nSPS) is 30.1. The standard InChI is InChI=1S/C27H36F6N2O3/c1-17-16-38-10-6-22(17)35(2)21-5-9-24(14-21,25(37)7-3-4-8-25)23(36)34-15-18-11-19(26(28,29)30)13-20(12-18)27(31,32)33/h11-13,17,21-22,37H,3-10,14-16H2,1-2H3,(H,34,36)/t17?,21-,22?,24-/m1/s1. The van der Waals surface area contributed by atoms with E-state index in [4.69, 9.17) is 4.74 Å². The smallest absolute Gasteiger partial charge is 0.389 e. The molecule has 1 heterocycles. The van der Waals surface area contributed by atoms with Crippen molar-refractivity contribution >= 4 is 5.91 Å². The van der Waals surface area contributed by atoms with Gasteiger partial charge in [0.1, 0.15) is 0 Å². The first-order valence-electron chi connectivity index (χ1n) is 13.2. The van der Waals surface area contributed by atoms with Crippen molar-refractivity contribution in [3.63, 3.8) is 0 Å². The zero-order valence-electron chi connectivity index (χ0n) is 21.7. The van der Waals surface area contributed by atoms with Crippen molar-refractivity contribution in [3.8, 4) is 0 Å². The highest BCUT2D eigenvalue weighted by Crippen LogP contribution is 2.54. The maximum absolute atomic E-state index is 13.8. The molecule has 0 radical (unpaired) electrons. The predicted octanol–water partition coefficient (Wildman–Crippen LogP) is 5.54. The first kappa shape index (κ1) is 29.1. The van der Waals surface area contributed by atoms with Crippen molar-refractivity contribution in [2.24, 2.45) is 11.3 Å². The van der Waals surface area contributed by atoms with Gasteiger partial charge in [-0.3, -0.25) is 9.69 Å². The maximum atomic E-state index is 13.8. The summed E-state index contributed by atoms with van der Waals surface area (Å²) in [5.41, 5.74) is -5.57. The molecule has 3 aliphatic rings. The van der Waals surface area contributed by atoms with Crippen LogP contribution in [0.25, 0.3) is 0 Å². The number of carbonyl (C=O) groups excluding carboxylic acids is 1. The summed E-state index contributed by atoms with van der Waals surface area (Å²) in [5.74, 6) is -0.209. The lowest BCUT2D eigenvalue weighted by atomic mass is 9.68. The summed E-state index contributed by atoms with van der Waals surface area (Å²) in [4.78, 5) is 16.0. The number of nitrogens with one attached hydrogen (secondary N) is 1. The van der Waals surface area contributed by atoms with Crippen LogP contribution in [0.15, 0.2) is 18.2 Å². The Balaban J connectivity index is 1.57. The van der Waals surface area contributed by atoms with Gasteiger partial charge in [0, 0.05) is 25.2 Å². The van der Waals surface area contributed by atoms with E-state index in [0.717, 1.165) is 19.3 Å². The lowest BCUT2D eigenvalue weighted by molar-refractivity contribution is -0.151. The zero-order chi connectivity index (χ0) is 27.9. The zero-order valence-corrected chi connectivity index (χ0v) is 21.7. The largest absolute Gasteiger partial charge is 0.416 e. The molecular weight excluding hydrogens is 514 g/mol. The molecule has 0 bridgehead atoms. The molecular formula is C27H36F6N2O3. The number of halogens is 6. The van der Waals surface area contributed by atoms with Crippen molar-refractivity contribution in [1.82, 2.24) is 10.2 Å². The Bertz CT molecular complexity index is 975. The summed E-state index contributed by atoms with van der Waals surface area (Å²) in [6, 6.07) is 1.61. The number of amides is 1. The Labute approximate surface area is 218 Å². The van der Waals surface area contributed by atoms with Gasteiger partial charge < -0.3 is 15.2 Å². The fourth-order valence-corrected chi connectivity index (χ4v) is 6.86. The van der Waals surface area contributed by atoms with E-state index in [1.54, 1.807) is 0 Å². The molecule has 5 nitrogen and oxygen atoms in total. The molecule has 0 aromatic heterocycles. The van der Waals surface area contributed by atoms with Crippen molar-refractivity contribution in [2.45, 2.75) is 94.9 Å². The fourth-order valence-electron chi connectivity index (χ4n) is 6.86. The second-order valence-electron chi connectivity index (χ2n) is 11.4. The number of hydrogen-bond donors (Lipinski definition) is 2. The van der Waals surface area contributed by atoms with Gasteiger partial charge in [-0.15, -0.1) is 0 Å². The molecule has 0 spiro atoms. The van der Waals surface area contributed by atoms with Crippen molar-refractivity contribution < 1.29 is 41.0 Å². The van der Waals surface area contributed by atoms with Gasteiger partial charge in [-0.1, -0.05) is 19.8 Å². The number of hydrogen-bond acceptors (Lipinski definition) is 4. The molecule has 2 aliphatic carbocycles. The molecule has 11 heteroatoms. The van der Waals surface area contributed by atoms with Crippen LogP contribution in [-0.2, 0) is 28.4 Å². The highest BCUT2D eigenvalue weighted by Gasteiger charge is 2.60. The average Bonchev–Trinajstić information content (AvgIpc) is 3.50. The van der Waals surface area contributed by atoms with Gasteiger partial charge in [0.15, 0.2) is 0 Å². The van der Waals surface area contributed by atoms with Crippen molar-refractivity contribution in [2.75, 3.05) is 20.3 Å². The molecule has 3 fully saturated rings. The number of nitrogens with zero attached hydrogens (tertiary/aromatic N) is 1. The Morgan fingerprint density at radius 1 is 1.05 bits per heavy atom. The van der Waals surface area contributed by atoms with Gasteiger partial charge in [-0.05, 0) is 75.3 Å². The van der Waals surface area contributed by atoms with E-state index in [-0.39, 0.29) is 23.7 Å². The Kier molecular flexibility index (Phi) is 8.14. The second kappa shape index (κ2) is 10.6. The third-order valence-corrected chi connectivity index (χ3v) is 9.04. The minimum Gasteiger partial charge on any atom is -0.389 e. The van der Waals surface area contributed by atoms with E-state index in [1.807, 2.05) is 7.05 Å². The maximum Gasteiger partial charge on any atom is 0.416 e. The average molecular weight is 551 g/mol. The van der Waals surface area contributed by atoms with E-state index in [1.165, 1.54) is 0 Å². The van der Waals surface area contributed by atoms with Gasteiger partial charge in [-0.2, -0.15) is 26.3 Å². The van der Waals surface area contributed by atoms with Crippen LogP contribution in [-0.4, -0.2) is 53.9 Å². The minimum atomic E-state index is -4.97. The summed E-state index contributed by atoms with van der Waals surface area (Å²) in [6.45, 7) is 2.91. The lowest BCUT2D eigenvalue weighted by Gasteiger charge is -2.44. The minimum absolute atomic E-state index is 0.0151. The fraction of sp³-hybridized carbons (Fsp3) is 0.741. The van der Waals surface area contributed by atoms with Crippen LogP contribution < -0.4 is 5.32 Å². The number of aliphatic hydroxyl groups is 1. The molecule has 4 rings (SSSR count). The van der Waals surface area contributed by atoms with Crippen LogP contribution in [0.1, 0.15) is 75.0 Å². The number of carbonyl (C=O) groups is 1. The third kappa shape index (κ3) is 5.70. The number of alkyl halides is 6. The quantitative estimate of drug-likeness (QED) is 0.457. The van der Waals surface area contributed by atoms with Gasteiger partial charge in [0.2, 0.25) is 5.91 Å². The first-order chi connectivity index (χ1) is 17.7. The topological polar surface area (TPSA) is 61.8 Å². The number of benzene rings is 1. The summed E-state index contributed by atoms with van der Waals surface area (Å²) in [5, 5.41) is 14.3. The molecule has 214 valence electrons. The molecule has 2 unspecified atom stereocenters. The molecule has 1 aromatic rings. The van der Waals surface area contributed by atoms with E-state index in [2.05, 4.69) is 17.1 Å². The molecule has 2 N–H and O–H groups in total. The Hall–Kier alpha value is -1.85. The van der Waals surface area contributed by atoms with Crippen molar-refractivity contribution in [3.05, 3.63) is 34.9 Å². The van der Waals surface area contributed by atoms with Crippen LogP contribution in [0.2, 0.25) is 0 Å². The third-order valence-electron chi connectivity index (χ3n) is 9.04. The summed E-state index contributed by atoms with van der Waals surface area (Å²) in [7, 11) is 2.02. The van der Waals surface area contributed by atoms with Crippen LogP contribution in [0, 0.1) is 11.3 Å². The lowest BCUT2D eigenvalue weighted by Crippen LogP contribution is -2.55. The Morgan fingerprint density at radius 2 is 1.66 bits per heavy atom. The Morgan fingerprint density at radius 3 is 2.21 bits per heavy atom. The SMILES string of the molecule is CC1COCCC1N(C)[C@@H]1CC[C@@](C(=O)NCc2cc(C(F)(F)F)cc(C(F)(F)F)c2)(C2(O)CCCC2)C1.